The molecule has 0 aliphatic heterocycles. The summed E-state index contributed by atoms with van der Waals surface area (Å²) in [6.07, 6.45) is 0.688. The van der Waals surface area contributed by atoms with Gasteiger partial charge in [0.05, 0.1) is 0 Å². The smallest absolute Gasteiger partial charge is 0.329 e. The topological polar surface area (TPSA) is 81.2 Å². The fourth-order valence-corrected chi connectivity index (χ4v) is 1.41. The fraction of sp³-hybridized carbons (Fsp3) is 0.769. The second-order valence-corrected chi connectivity index (χ2v) is 5.42. The van der Waals surface area contributed by atoms with Gasteiger partial charge in [-0.3, -0.25) is 4.79 Å². The van der Waals surface area contributed by atoms with Crippen LogP contribution in [0.3, 0.4) is 0 Å². The summed E-state index contributed by atoms with van der Waals surface area (Å²) in [6, 6.07) is -0.463. The molecule has 7 heteroatoms. The minimum atomic E-state index is -1.33. The molecule has 0 unspecified atom stereocenters. The Balaban J connectivity index is 5.06. The highest BCUT2D eigenvalue weighted by atomic mass is 16.4. The van der Waals surface area contributed by atoms with Crippen molar-refractivity contribution < 1.29 is 19.5 Å². The molecule has 3 amide bonds. The van der Waals surface area contributed by atoms with Crippen molar-refractivity contribution in [1.82, 2.24) is 14.7 Å². The summed E-state index contributed by atoms with van der Waals surface area (Å²) < 4.78 is 0. The minimum absolute atomic E-state index is 0.0558. The van der Waals surface area contributed by atoms with Crippen molar-refractivity contribution in [2.45, 2.75) is 32.7 Å². The molecule has 20 heavy (non-hydrogen) atoms. The average molecular weight is 287 g/mol. The highest BCUT2D eigenvalue weighted by Crippen LogP contribution is 2.15. The maximum atomic E-state index is 12.4. The van der Waals surface area contributed by atoms with E-state index in [0.717, 1.165) is 4.90 Å². The number of likely N-dealkylation sites (N-methyl/N-ethyl adjacent to an activating group) is 2. The van der Waals surface area contributed by atoms with Gasteiger partial charge >= 0.3 is 12.0 Å². The summed E-state index contributed by atoms with van der Waals surface area (Å²) in [7, 11) is 4.66. The molecule has 0 rings (SSSR count). The Bertz CT molecular complexity index is 380. The molecule has 0 aromatic rings. The van der Waals surface area contributed by atoms with Gasteiger partial charge in [-0.15, -0.1) is 0 Å². The lowest BCUT2D eigenvalue weighted by atomic mass is 10.0. The second-order valence-electron chi connectivity index (χ2n) is 5.42. The number of urea groups is 1. The maximum Gasteiger partial charge on any atom is 0.329 e. The molecule has 116 valence electrons. The van der Waals surface area contributed by atoms with Gasteiger partial charge in [0.25, 0.3) is 0 Å². The molecule has 0 aliphatic carbocycles. The van der Waals surface area contributed by atoms with Gasteiger partial charge in [0.15, 0.2) is 0 Å². The van der Waals surface area contributed by atoms with Crippen molar-refractivity contribution in [2.24, 2.45) is 0 Å². The van der Waals surface area contributed by atoms with Crippen LogP contribution < -0.4 is 0 Å². The molecule has 0 aliphatic rings. The molecule has 0 radical (unpaired) electrons. The summed E-state index contributed by atoms with van der Waals surface area (Å²) >= 11 is 0. The molecule has 0 bridgehead atoms. The number of carbonyl (C=O) groups excluding carboxylic acids is 2. The Labute approximate surface area is 120 Å². The van der Waals surface area contributed by atoms with E-state index < -0.39 is 17.5 Å². The lowest BCUT2D eigenvalue weighted by molar-refractivity contribution is -0.147. The van der Waals surface area contributed by atoms with Gasteiger partial charge in [0.1, 0.15) is 12.1 Å². The van der Waals surface area contributed by atoms with Crippen LogP contribution in [0, 0.1) is 0 Å². The van der Waals surface area contributed by atoms with Crippen LogP contribution in [0.5, 0.6) is 0 Å². The van der Waals surface area contributed by atoms with Gasteiger partial charge in [-0.1, -0.05) is 6.92 Å². The number of rotatable bonds is 6. The number of nitrogens with zero attached hydrogens (tertiary/aromatic N) is 3. The van der Waals surface area contributed by atoms with Crippen LogP contribution in [0.1, 0.15) is 27.2 Å². The van der Waals surface area contributed by atoms with E-state index in [9.17, 15) is 14.4 Å². The van der Waals surface area contributed by atoms with Crippen molar-refractivity contribution in [3.05, 3.63) is 0 Å². The van der Waals surface area contributed by atoms with Gasteiger partial charge in [-0.05, 0) is 20.3 Å². The minimum Gasteiger partial charge on any atom is -0.480 e. The van der Waals surface area contributed by atoms with Crippen molar-refractivity contribution in [3.63, 3.8) is 0 Å². The van der Waals surface area contributed by atoms with E-state index in [1.54, 1.807) is 14.1 Å². The number of hydrogen-bond donors (Lipinski definition) is 1. The number of carbonyl (C=O) groups is 3. The standard InChI is InChI=1S/C13H25N3O4/c1-7-8-16(9-10(17)14(4)5)12(20)15(6)13(2,3)11(18)19/h7-9H2,1-6H3,(H,18,19). The summed E-state index contributed by atoms with van der Waals surface area (Å²) in [5.74, 6) is -1.29. The van der Waals surface area contributed by atoms with E-state index in [1.807, 2.05) is 6.92 Å². The summed E-state index contributed by atoms with van der Waals surface area (Å²) in [4.78, 5) is 39.2. The number of amides is 3. The molecule has 1 N–H and O–H groups in total. The van der Waals surface area contributed by atoms with Crippen molar-refractivity contribution in [3.8, 4) is 0 Å². The molecule has 7 nitrogen and oxygen atoms in total. The summed E-state index contributed by atoms with van der Waals surface area (Å²) in [5.41, 5.74) is -1.33. The molecule has 0 heterocycles. The predicted molar refractivity (Wildman–Crippen MR) is 75.4 cm³/mol. The van der Waals surface area contributed by atoms with Gasteiger partial charge < -0.3 is 19.8 Å². The first-order chi connectivity index (χ1) is 9.05. The average Bonchev–Trinajstić information content (AvgIpc) is 2.35. The van der Waals surface area contributed by atoms with Crippen LogP contribution in [-0.4, -0.2) is 77.5 Å². The molecule has 0 saturated heterocycles. The van der Waals surface area contributed by atoms with E-state index >= 15 is 0 Å². The van der Waals surface area contributed by atoms with Gasteiger partial charge in [-0.2, -0.15) is 0 Å². The van der Waals surface area contributed by atoms with E-state index in [-0.39, 0.29) is 12.5 Å². The normalized spacial score (nSPS) is 10.9. The Morgan fingerprint density at radius 3 is 1.95 bits per heavy atom. The number of carboxylic acids is 1. The quantitative estimate of drug-likeness (QED) is 0.780. The maximum absolute atomic E-state index is 12.4. The third-order valence-electron chi connectivity index (χ3n) is 3.24. The largest absolute Gasteiger partial charge is 0.480 e. The van der Waals surface area contributed by atoms with Crippen LogP contribution in [0.4, 0.5) is 4.79 Å². The van der Waals surface area contributed by atoms with E-state index in [0.29, 0.717) is 13.0 Å². The number of carboxylic acid groups (broad SMARTS) is 1. The van der Waals surface area contributed by atoms with Crippen LogP contribution >= 0.6 is 0 Å². The molecule has 0 aromatic heterocycles. The lowest BCUT2D eigenvalue weighted by Crippen LogP contribution is -2.56. The first-order valence-corrected chi connectivity index (χ1v) is 6.52. The summed E-state index contributed by atoms with van der Waals surface area (Å²) in [6.45, 7) is 5.14. The molecule has 0 spiro atoms. The predicted octanol–water partition coefficient (Wildman–Crippen LogP) is 0.702. The molecular weight excluding hydrogens is 262 g/mol. The summed E-state index contributed by atoms with van der Waals surface area (Å²) in [5, 5.41) is 9.15. The van der Waals surface area contributed by atoms with Crippen LogP contribution in [0.25, 0.3) is 0 Å². The Morgan fingerprint density at radius 1 is 1.10 bits per heavy atom. The monoisotopic (exact) mass is 287 g/mol. The lowest BCUT2D eigenvalue weighted by Gasteiger charge is -2.36. The Morgan fingerprint density at radius 2 is 1.60 bits per heavy atom. The SMILES string of the molecule is CCCN(CC(=O)N(C)C)C(=O)N(C)C(C)(C)C(=O)O. The van der Waals surface area contributed by atoms with Crippen molar-refractivity contribution in [2.75, 3.05) is 34.2 Å². The third-order valence-corrected chi connectivity index (χ3v) is 3.24. The Hall–Kier alpha value is -1.79. The number of aliphatic carboxylic acids is 1. The third kappa shape index (κ3) is 4.40. The molecule has 0 fully saturated rings. The van der Waals surface area contributed by atoms with Gasteiger partial charge in [-0.25, -0.2) is 9.59 Å². The highest BCUT2D eigenvalue weighted by Gasteiger charge is 2.37. The van der Waals surface area contributed by atoms with Crippen LogP contribution in [0.2, 0.25) is 0 Å². The van der Waals surface area contributed by atoms with E-state index in [2.05, 4.69) is 0 Å². The van der Waals surface area contributed by atoms with Gasteiger partial charge in [0, 0.05) is 27.7 Å². The van der Waals surface area contributed by atoms with E-state index in [1.165, 1.54) is 30.7 Å². The molecule has 0 atom stereocenters. The van der Waals surface area contributed by atoms with Crippen molar-refractivity contribution in [1.29, 1.82) is 0 Å². The van der Waals surface area contributed by atoms with Crippen LogP contribution in [0.15, 0.2) is 0 Å². The Kier molecular flexibility index (Phi) is 6.48. The first-order valence-electron chi connectivity index (χ1n) is 6.52. The van der Waals surface area contributed by atoms with Gasteiger partial charge in [0.2, 0.25) is 5.91 Å². The fourth-order valence-electron chi connectivity index (χ4n) is 1.41. The zero-order valence-electron chi connectivity index (χ0n) is 13.1. The first kappa shape index (κ1) is 18.2. The second kappa shape index (κ2) is 7.12. The zero-order valence-corrected chi connectivity index (χ0v) is 13.1. The molecule has 0 saturated carbocycles. The zero-order chi connectivity index (χ0) is 16.1. The number of hydrogen-bond acceptors (Lipinski definition) is 3. The highest BCUT2D eigenvalue weighted by molar-refractivity contribution is 5.88. The van der Waals surface area contributed by atoms with Crippen LogP contribution in [-0.2, 0) is 9.59 Å². The van der Waals surface area contributed by atoms with Crippen molar-refractivity contribution >= 4 is 17.9 Å². The van der Waals surface area contributed by atoms with E-state index in [4.69, 9.17) is 5.11 Å². The molecular formula is C13H25N3O4. The molecule has 0 aromatic carbocycles.